The molecule has 132 valence electrons. The lowest BCUT2D eigenvalue weighted by Crippen LogP contribution is -2.34. The summed E-state index contributed by atoms with van der Waals surface area (Å²) in [5.41, 5.74) is 7.08. The minimum atomic E-state index is -0.376. The number of carbonyl (C=O) groups excluding carboxylic acids is 1. The number of rotatable bonds is 5. The van der Waals surface area contributed by atoms with Gasteiger partial charge in [-0.3, -0.25) is 4.79 Å². The summed E-state index contributed by atoms with van der Waals surface area (Å²) in [5.74, 6) is -0.638. The Kier molecular flexibility index (Phi) is 6.61. The van der Waals surface area contributed by atoms with Gasteiger partial charge in [0.05, 0.1) is 6.04 Å². The third-order valence-electron chi connectivity index (χ3n) is 3.31. The van der Waals surface area contributed by atoms with Crippen LogP contribution in [0.3, 0.4) is 0 Å². The van der Waals surface area contributed by atoms with Gasteiger partial charge in [0, 0.05) is 15.7 Å². The topological polar surface area (TPSA) is 79.5 Å². The number of carbonyl (C=O) groups is 1. The van der Waals surface area contributed by atoms with Crippen LogP contribution in [-0.2, 0) is 4.79 Å². The second-order valence-electron chi connectivity index (χ2n) is 5.29. The number of hydrogen-bond acceptors (Lipinski definition) is 2. The van der Waals surface area contributed by atoms with Gasteiger partial charge < -0.3 is 16.4 Å². The fraction of sp³-hybridized carbons (Fsp3) is 0.176. The van der Waals surface area contributed by atoms with Gasteiger partial charge in [-0.05, 0) is 48.9 Å². The van der Waals surface area contributed by atoms with E-state index in [9.17, 15) is 9.18 Å². The molecular formula is C17H17Cl2FN4O. The van der Waals surface area contributed by atoms with Gasteiger partial charge in [-0.25, -0.2) is 9.38 Å². The van der Waals surface area contributed by atoms with Gasteiger partial charge in [-0.2, -0.15) is 0 Å². The average Bonchev–Trinajstić information content (AvgIpc) is 2.55. The molecule has 0 aliphatic heterocycles. The molecule has 4 N–H and O–H groups in total. The first-order chi connectivity index (χ1) is 11.8. The maximum absolute atomic E-state index is 12.8. The number of amides is 1. The van der Waals surface area contributed by atoms with Crippen molar-refractivity contribution < 1.29 is 9.18 Å². The van der Waals surface area contributed by atoms with Crippen molar-refractivity contribution in [1.29, 1.82) is 0 Å². The van der Waals surface area contributed by atoms with Crippen LogP contribution in [0.5, 0.6) is 0 Å². The Morgan fingerprint density at radius 3 is 2.56 bits per heavy atom. The molecule has 1 atom stereocenters. The third kappa shape index (κ3) is 5.92. The molecule has 0 aliphatic carbocycles. The molecule has 0 spiro atoms. The van der Waals surface area contributed by atoms with Crippen molar-refractivity contribution in [2.75, 3.05) is 11.9 Å². The van der Waals surface area contributed by atoms with Crippen LogP contribution in [0.25, 0.3) is 0 Å². The van der Waals surface area contributed by atoms with Gasteiger partial charge in [0.15, 0.2) is 5.96 Å². The van der Waals surface area contributed by atoms with Gasteiger partial charge in [0.1, 0.15) is 12.4 Å². The summed E-state index contributed by atoms with van der Waals surface area (Å²) in [6.07, 6.45) is 0. The van der Waals surface area contributed by atoms with Crippen LogP contribution in [-0.4, -0.2) is 18.4 Å². The number of guanidine groups is 1. The predicted molar refractivity (Wildman–Crippen MR) is 99.5 cm³/mol. The van der Waals surface area contributed by atoms with E-state index in [-0.39, 0.29) is 30.3 Å². The quantitative estimate of drug-likeness (QED) is 0.544. The van der Waals surface area contributed by atoms with Gasteiger partial charge in [0.25, 0.3) is 0 Å². The second kappa shape index (κ2) is 8.69. The Balaban J connectivity index is 1.90. The number of aliphatic imine (C=N–C) groups is 1. The van der Waals surface area contributed by atoms with Crippen molar-refractivity contribution in [3.05, 3.63) is 63.9 Å². The van der Waals surface area contributed by atoms with Crippen LogP contribution >= 0.6 is 23.2 Å². The Hall–Kier alpha value is -2.31. The first-order valence-corrected chi connectivity index (χ1v) is 8.17. The summed E-state index contributed by atoms with van der Waals surface area (Å²) >= 11 is 12.0. The molecule has 2 aromatic carbocycles. The molecule has 0 saturated heterocycles. The molecule has 25 heavy (non-hydrogen) atoms. The zero-order valence-electron chi connectivity index (χ0n) is 13.4. The number of anilines is 1. The number of nitrogens with one attached hydrogen (secondary N) is 2. The molecular weight excluding hydrogens is 366 g/mol. The molecule has 1 unspecified atom stereocenters. The van der Waals surface area contributed by atoms with E-state index < -0.39 is 0 Å². The molecule has 0 aromatic heterocycles. The standard InChI is InChI=1S/C17H17Cl2FN4O/c1-10(14-7-2-11(18)8-15(14)19)23-17(21)22-9-16(25)24-13-5-3-12(20)4-6-13/h2-8,10H,9H2,1H3,(H,24,25)(H3,21,22,23). The highest BCUT2D eigenvalue weighted by atomic mass is 35.5. The maximum Gasteiger partial charge on any atom is 0.246 e. The van der Waals surface area contributed by atoms with Gasteiger partial charge >= 0.3 is 0 Å². The van der Waals surface area contributed by atoms with Crippen molar-refractivity contribution in [1.82, 2.24) is 5.32 Å². The SMILES string of the molecule is CC(NC(N)=NCC(=O)Nc1ccc(F)cc1)c1ccc(Cl)cc1Cl. The van der Waals surface area contributed by atoms with Crippen LogP contribution < -0.4 is 16.4 Å². The lowest BCUT2D eigenvalue weighted by Gasteiger charge is -2.16. The first-order valence-electron chi connectivity index (χ1n) is 7.42. The Morgan fingerprint density at radius 1 is 1.24 bits per heavy atom. The minimum absolute atomic E-state index is 0.104. The predicted octanol–water partition coefficient (Wildman–Crippen LogP) is 3.74. The van der Waals surface area contributed by atoms with E-state index in [0.717, 1.165) is 5.56 Å². The third-order valence-corrected chi connectivity index (χ3v) is 3.88. The fourth-order valence-electron chi connectivity index (χ4n) is 2.09. The van der Waals surface area contributed by atoms with Crippen LogP contribution in [0.15, 0.2) is 47.5 Å². The highest BCUT2D eigenvalue weighted by molar-refractivity contribution is 6.35. The Bertz CT molecular complexity index is 781. The maximum atomic E-state index is 12.8. The van der Waals surface area contributed by atoms with Crippen LogP contribution in [0, 0.1) is 5.82 Å². The minimum Gasteiger partial charge on any atom is -0.370 e. The lowest BCUT2D eigenvalue weighted by atomic mass is 10.1. The van der Waals surface area contributed by atoms with Crippen molar-refractivity contribution in [3.63, 3.8) is 0 Å². The van der Waals surface area contributed by atoms with E-state index in [1.807, 2.05) is 6.92 Å². The number of hydrogen-bond donors (Lipinski definition) is 3. The zero-order valence-corrected chi connectivity index (χ0v) is 14.9. The smallest absolute Gasteiger partial charge is 0.246 e. The summed E-state index contributed by atoms with van der Waals surface area (Å²) < 4.78 is 12.8. The van der Waals surface area contributed by atoms with Crippen molar-refractivity contribution >= 4 is 40.8 Å². The molecule has 2 aromatic rings. The molecule has 0 heterocycles. The molecule has 0 radical (unpaired) electrons. The number of nitrogens with two attached hydrogens (primary N) is 1. The second-order valence-corrected chi connectivity index (χ2v) is 6.13. The Morgan fingerprint density at radius 2 is 1.92 bits per heavy atom. The molecule has 0 aliphatic rings. The monoisotopic (exact) mass is 382 g/mol. The van der Waals surface area contributed by atoms with Crippen LogP contribution in [0.4, 0.5) is 10.1 Å². The molecule has 8 heteroatoms. The number of benzene rings is 2. The molecule has 0 saturated carbocycles. The normalized spacial score (nSPS) is 12.6. The number of halogens is 3. The summed E-state index contributed by atoms with van der Waals surface area (Å²) in [5, 5.41) is 6.60. The number of nitrogens with zero attached hydrogens (tertiary/aromatic N) is 1. The summed E-state index contributed by atoms with van der Waals surface area (Å²) in [4.78, 5) is 15.8. The van der Waals surface area contributed by atoms with E-state index in [1.54, 1.807) is 18.2 Å². The molecule has 5 nitrogen and oxygen atoms in total. The largest absolute Gasteiger partial charge is 0.370 e. The van der Waals surface area contributed by atoms with E-state index in [2.05, 4.69) is 15.6 Å². The van der Waals surface area contributed by atoms with Gasteiger partial charge in [-0.15, -0.1) is 0 Å². The summed E-state index contributed by atoms with van der Waals surface area (Å²) in [6, 6.07) is 10.4. The van der Waals surface area contributed by atoms with E-state index in [0.29, 0.717) is 15.7 Å². The Labute approximate surface area is 155 Å². The average molecular weight is 383 g/mol. The molecule has 1 amide bonds. The highest BCUT2D eigenvalue weighted by Gasteiger charge is 2.11. The van der Waals surface area contributed by atoms with E-state index >= 15 is 0 Å². The van der Waals surface area contributed by atoms with E-state index in [4.69, 9.17) is 28.9 Å². The van der Waals surface area contributed by atoms with Gasteiger partial charge in [-0.1, -0.05) is 29.3 Å². The van der Waals surface area contributed by atoms with Crippen LogP contribution in [0.1, 0.15) is 18.5 Å². The molecule has 0 bridgehead atoms. The zero-order chi connectivity index (χ0) is 18.4. The van der Waals surface area contributed by atoms with Gasteiger partial charge in [0.2, 0.25) is 5.91 Å². The molecule has 2 rings (SSSR count). The lowest BCUT2D eigenvalue weighted by molar-refractivity contribution is -0.114. The first kappa shape index (κ1) is 19.0. The molecule has 0 fully saturated rings. The van der Waals surface area contributed by atoms with Crippen molar-refractivity contribution in [3.8, 4) is 0 Å². The van der Waals surface area contributed by atoms with E-state index in [1.165, 1.54) is 24.3 Å². The summed E-state index contributed by atoms with van der Waals surface area (Å²) in [6.45, 7) is 1.69. The highest BCUT2D eigenvalue weighted by Crippen LogP contribution is 2.25. The van der Waals surface area contributed by atoms with Crippen molar-refractivity contribution in [2.45, 2.75) is 13.0 Å². The van der Waals surface area contributed by atoms with Crippen LogP contribution in [0.2, 0.25) is 10.0 Å². The summed E-state index contributed by atoms with van der Waals surface area (Å²) in [7, 11) is 0. The fourth-order valence-corrected chi connectivity index (χ4v) is 2.66. The van der Waals surface area contributed by atoms with Crippen molar-refractivity contribution in [2.24, 2.45) is 10.7 Å².